The summed E-state index contributed by atoms with van der Waals surface area (Å²) >= 11 is 0. The SMILES string of the molecule is CN=C(C)Nc1cc(OC)ccc1NC. The lowest BCUT2D eigenvalue weighted by molar-refractivity contribution is 0.415. The fraction of sp³-hybridized carbons (Fsp3) is 0.364. The lowest BCUT2D eigenvalue weighted by Gasteiger charge is -2.12. The van der Waals surface area contributed by atoms with Crippen molar-refractivity contribution in [2.75, 3.05) is 31.8 Å². The van der Waals surface area contributed by atoms with Crippen LogP contribution in [-0.2, 0) is 0 Å². The molecule has 15 heavy (non-hydrogen) atoms. The number of aliphatic imine (C=N–C) groups is 1. The van der Waals surface area contributed by atoms with E-state index in [1.54, 1.807) is 14.2 Å². The minimum atomic E-state index is 0.820. The molecule has 0 aromatic heterocycles. The molecule has 0 heterocycles. The number of anilines is 2. The third kappa shape index (κ3) is 2.87. The molecular weight excluding hydrogens is 190 g/mol. The third-order valence-electron chi connectivity index (χ3n) is 2.15. The molecule has 82 valence electrons. The summed E-state index contributed by atoms with van der Waals surface area (Å²) in [7, 11) is 5.28. The summed E-state index contributed by atoms with van der Waals surface area (Å²) in [6.07, 6.45) is 0. The van der Waals surface area contributed by atoms with Gasteiger partial charge in [0.1, 0.15) is 5.75 Å². The molecule has 0 amide bonds. The van der Waals surface area contributed by atoms with E-state index in [1.165, 1.54) is 0 Å². The molecule has 1 rings (SSSR count). The first kappa shape index (κ1) is 11.4. The van der Waals surface area contributed by atoms with E-state index in [4.69, 9.17) is 4.74 Å². The minimum absolute atomic E-state index is 0.820. The van der Waals surface area contributed by atoms with E-state index in [1.807, 2.05) is 32.2 Å². The van der Waals surface area contributed by atoms with Crippen molar-refractivity contribution >= 4 is 17.2 Å². The first-order chi connectivity index (χ1) is 7.21. The van der Waals surface area contributed by atoms with Gasteiger partial charge in [0.2, 0.25) is 0 Å². The molecule has 0 unspecified atom stereocenters. The molecule has 0 aliphatic carbocycles. The van der Waals surface area contributed by atoms with Crippen LogP contribution in [0.5, 0.6) is 5.75 Å². The quantitative estimate of drug-likeness (QED) is 0.590. The van der Waals surface area contributed by atoms with Crippen molar-refractivity contribution < 1.29 is 4.74 Å². The Labute approximate surface area is 90.4 Å². The Bertz CT molecular complexity index is 361. The Hall–Kier alpha value is -1.71. The topological polar surface area (TPSA) is 45.7 Å². The van der Waals surface area contributed by atoms with Crippen LogP contribution in [0.1, 0.15) is 6.92 Å². The van der Waals surface area contributed by atoms with Crippen LogP contribution in [0.25, 0.3) is 0 Å². The smallest absolute Gasteiger partial charge is 0.121 e. The van der Waals surface area contributed by atoms with Crippen molar-refractivity contribution in [1.82, 2.24) is 0 Å². The van der Waals surface area contributed by atoms with Crippen molar-refractivity contribution in [3.63, 3.8) is 0 Å². The van der Waals surface area contributed by atoms with Crippen LogP contribution in [-0.4, -0.2) is 27.0 Å². The highest BCUT2D eigenvalue weighted by Crippen LogP contribution is 2.26. The second-order valence-electron chi connectivity index (χ2n) is 3.10. The van der Waals surface area contributed by atoms with Crippen LogP contribution >= 0.6 is 0 Å². The highest BCUT2D eigenvalue weighted by molar-refractivity contribution is 5.96. The van der Waals surface area contributed by atoms with Crippen LogP contribution in [0.2, 0.25) is 0 Å². The highest BCUT2D eigenvalue weighted by Gasteiger charge is 2.03. The molecule has 4 nitrogen and oxygen atoms in total. The zero-order chi connectivity index (χ0) is 11.3. The molecule has 4 heteroatoms. The summed E-state index contributed by atoms with van der Waals surface area (Å²) in [5.74, 6) is 1.68. The monoisotopic (exact) mass is 207 g/mol. The average Bonchev–Trinajstić information content (AvgIpc) is 2.28. The molecule has 1 aromatic rings. The number of benzene rings is 1. The molecule has 0 saturated carbocycles. The Morgan fingerprint density at radius 1 is 1.33 bits per heavy atom. The predicted octanol–water partition coefficient (Wildman–Crippen LogP) is 2.20. The normalized spacial score (nSPS) is 11.1. The Kier molecular flexibility index (Phi) is 3.97. The maximum atomic E-state index is 5.16. The van der Waals surface area contributed by atoms with Gasteiger partial charge in [-0.15, -0.1) is 0 Å². The van der Waals surface area contributed by atoms with Crippen LogP contribution in [0, 0.1) is 0 Å². The van der Waals surface area contributed by atoms with E-state index in [0.29, 0.717) is 0 Å². The van der Waals surface area contributed by atoms with E-state index < -0.39 is 0 Å². The van der Waals surface area contributed by atoms with Crippen molar-refractivity contribution in [3.8, 4) is 5.75 Å². The van der Waals surface area contributed by atoms with Gasteiger partial charge in [0.05, 0.1) is 24.3 Å². The van der Waals surface area contributed by atoms with Crippen molar-refractivity contribution in [2.45, 2.75) is 6.92 Å². The summed E-state index contributed by atoms with van der Waals surface area (Å²) in [5, 5.41) is 6.30. The molecule has 0 spiro atoms. The van der Waals surface area contributed by atoms with E-state index in [0.717, 1.165) is 23.0 Å². The first-order valence-electron chi connectivity index (χ1n) is 4.77. The fourth-order valence-corrected chi connectivity index (χ4v) is 1.22. The van der Waals surface area contributed by atoms with E-state index >= 15 is 0 Å². The molecule has 0 fully saturated rings. The number of rotatable bonds is 3. The number of methoxy groups -OCH3 is 1. The number of nitrogens with one attached hydrogen (secondary N) is 2. The second kappa shape index (κ2) is 5.24. The summed E-state index contributed by atoms with van der Waals surface area (Å²) in [6.45, 7) is 1.92. The zero-order valence-electron chi connectivity index (χ0n) is 9.59. The van der Waals surface area contributed by atoms with Crippen LogP contribution < -0.4 is 15.4 Å². The van der Waals surface area contributed by atoms with Crippen LogP contribution in [0.3, 0.4) is 0 Å². The van der Waals surface area contributed by atoms with Crippen molar-refractivity contribution in [2.24, 2.45) is 4.99 Å². The standard InChI is InChI=1S/C11H17N3O/c1-8(12-2)14-11-7-9(15-4)5-6-10(11)13-3/h5-7,13H,1-4H3,(H,12,14). The number of amidine groups is 1. The zero-order valence-corrected chi connectivity index (χ0v) is 9.59. The lowest BCUT2D eigenvalue weighted by Crippen LogP contribution is -2.08. The van der Waals surface area contributed by atoms with Crippen molar-refractivity contribution in [1.29, 1.82) is 0 Å². The van der Waals surface area contributed by atoms with Gasteiger partial charge in [-0.2, -0.15) is 0 Å². The van der Waals surface area contributed by atoms with Gasteiger partial charge in [0, 0.05) is 20.2 Å². The molecule has 0 aliphatic heterocycles. The molecule has 0 bridgehead atoms. The van der Waals surface area contributed by atoms with Gasteiger partial charge < -0.3 is 15.4 Å². The van der Waals surface area contributed by atoms with Gasteiger partial charge in [-0.05, 0) is 19.1 Å². The van der Waals surface area contributed by atoms with Gasteiger partial charge in [0.15, 0.2) is 0 Å². The summed E-state index contributed by atoms with van der Waals surface area (Å²) in [5.41, 5.74) is 1.97. The van der Waals surface area contributed by atoms with Gasteiger partial charge in [-0.25, -0.2) is 0 Å². The number of hydrogen-bond donors (Lipinski definition) is 2. The minimum Gasteiger partial charge on any atom is -0.497 e. The molecule has 1 aromatic carbocycles. The van der Waals surface area contributed by atoms with Crippen LogP contribution in [0.4, 0.5) is 11.4 Å². The number of hydrogen-bond acceptors (Lipinski definition) is 3. The van der Waals surface area contributed by atoms with Gasteiger partial charge >= 0.3 is 0 Å². The predicted molar refractivity (Wildman–Crippen MR) is 65.2 cm³/mol. The summed E-state index contributed by atoms with van der Waals surface area (Å²) < 4.78 is 5.16. The number of nitrogens with zero attached hydrogens (tertiary/aromatic N) is 1. The Morgan fingerprint density at radius 2 is 2.07 bits per heavy atom. The van der Waals surface area contributed by atoms with E-state index in [-0.39, 0.29) is 0 Å². The maximum absolute atomic E-state index is 5.16. The number of ether oxygens (including phenoxy) is 1. The maximum Gasteiger partial charge on any atom is 0.121 e. The molecule has 0 aliphatic rings. The van der Waals surface area contributed by atoms with Crippen LogP contribution in [0.15, 0.2) is 23.2 Å². The Morgan fingerprint density at radius 3 is 2.60 bits per heavy atom. The molecule has 0 radical (unpaired) electrons. The highest BCUT2D eigenvalue weighted by atomic mass is 16.5. The molecule has 2 N–H and O–H groups in total. The first-order valence-corrected chi connectivity index (χ1v) is 4.77. The van der Waals surface area contributed by atoms with Crippen molar-refractivity contribution in [3.05, 3.63) is 18.2 Å². The van der Waals surface area contributed by atoms with E-state index in [2.05, 4.69) is 15.6 Å². The second-order valence-corrected chi connectivity index (χ2v) is 3.10. The molecule has 0 atom stereocenters. The lowest BCUT2D eigenvalue weighted by atomic mass is 10.2. The third-order valence-corrected chi connectivity index (χ3v) is 2.15. The molecule has 0 saturated heterocycles. The summed E-state index contributed by atoms with van der Waals surface area (Å²) in [6, 6.07) is 5.81. The largest absolute Gasteiger partial charge is 0.497 e. The average molecular weight is 207 g/mol. The fourth-order valence-electron chi connectivity index (χ4n) is 1.22. The van der Waals surface area contributed by atoms with Gasteiger partial charge in [-0.1, -0.05) is 0 Å². The molecular formula is C11H17N3O. The van der Waals surface area contributed by atoms with Gasteiger partial charge in [-0.3, -0.25) is 4.99 Å². The Balaban J connectivity index is 3.01. The summed E-state index contributed by atoms with van der Waals surface area (Å²) in [4.78, 5) is 4.05. The van der Waals surface area contributed by atoms with E-state index in [9.17, 15) is 0 Å². The van der Waals surface area contributed by atoms with Gasteiger partial charge in [0.25, 0.3) is 0 Å².